The normalized spacial score (nSPS) is 16.2. The second-order valence-corrected chi connectivity index (χ2v) is 6.12. The quantitative estimate of drug-likeness (QED) is 0.749. The number of pyridine rings is 1. The minimum atomic E-state index is 0.109. The summed E-state index contributed by atoms with van der Waals surface area (Å²) in [5.74, 6) is 0.966. The molecule has 0 unspecified atom stereocenters. The van der Waals surface area contributed by atoms with Crippen LogP contribution in [0, 0.1) is 0 Å². The number of rotatable bonds is 3. The summed E-state index contributed by atoms with van der Waals surface area (Å²) in [5.41, 5.74) is 1.37. The van der Waals surface area contributed by atoms with E-state index in [1.165, 1.54) is 18.4 Å². The Morgan fingerprint density at radius 1 is 1.38 bits per heavy atom. The van der Waals surface area contributed by atoms with Gasteiger partial charge in [-0.3, -0.25) is 0 Å². The van der Waals surface area contributed by atoms with E-state index in [2.05, 4.69) is 38.1 Å². The van der Waals surface area contributed by atoms with Crippen molar-refractivity contribution in [2.24, 2.45) is 0 Å². The minimum Gasteiger partial charge on any atom is -0.489 e. The van der Waals surface area contributed by atoms with Gasteiger partial charge in [0.15, 0.2) is 0 Å². The molecule has 1 fully saturated rings. The standard InChI is InChI=1S/C13H19NOS/c1-13(2,3)10-7-12(16-4)14-8-11(10)15-9-5-6-9/h7-9H,5-6H2,1-4H3. The van der Waals surface area contributed by atoms with Crippen molar-refractivity contribution in [2.75, 3.05) is 6.26 Å². The van der Waals surface area contributed by atoms with Crippen molar-refractivity contribution >= 4 is 11.8 Å². The molecule has 1 aromatic rings. The van der Waals surface area contributed by atoms with Crippen LogP contribution in [0.25, 0.3) is 0 Å². The second-order valence-electron chi connectivity index (χ2n) is 5.29. The maximum Gasteiger partial charge on any atom is 0.141 e. The molecule has 0 amide bonds. The molecule has 1 aliphatic rings. The summed E-state index contributed by atoms with van der Waals surface area (Å²) >= 11 is 1.68. The highest BCUT2D eigenvalue weighted by Gasteiger charge is 2.27. The molecule has 1 aliphatic carbocycles. The first-order valence-electron chi connectivity index (χ1n) is 5.72. The third kappa shape index (κ3) is 2.70. The number of thioether (sulfide) groups is 1. The van der Waals surface area contributed by atoms with Gasteiger partial charge in [-0.25, -0.2) is 4.98 Å². The summed E-state index contributed by atoms with van der Waals surface area (Å²) in [6.45, 7) is 6.64. The molecule has 0 radical (unpaired) electrons. The molecule has 1 aromatic heterocycles. The van der Waals surface area contributed by atoms with Crippen LogP contribution in [0.2, 0.25) is 0 Å². The van der Waals surface area contributed by atoms with Gasteiger partial charge >= 0.3 is 0 Å². The molecule has 88 valence electrons. The van der Waals surface area contributed by atoms with Crippen molar-refractivity contribution in [3.05, 3.63) is 17.8 Å². The molecule has 1 heterocycles. The highest BCUT2D eigenvalue weighted by atomic mass is 32.2. The van der Waals surface area contributed by atoms with E-state index in [-0.39, 0.29) is 5.41 Å². The molecule has 3 heteroatoms. The zero-order valence-corrected chi connectivity index (χ0v) is 11.2. The van der Waals surface area contributed by atoms with Gasteiger partial charge in [0, 0.05) is 5.56 Å². The molecular formula is C13H19NOS. The van der Waals surface area contributed by atoms with Gasteiger partial charge in [-0.2, -0.15) is 0 Å². The molecule has 0 aliphatic heterocycles. The highest BCUT2D eigenvalue weighted by Crippen LogP contribution is 2.36. The van der Waals surface area contributed by atoms with Gasteiger partial charge in [0.05, 0.1) is 17.3 Å². The molecule has 2 rings (SSSR count). The molecule has 0 atom stereocenters. The number of nitrogens with zero attached hydrogens (tertiary/aromatic N) is 1. The van der Waals surface area contributed by atoms with Crippen LogP contribution >= 0.6 is 11.8 Å². The van der Waals surface area contributed by atoms with Crippen LogP contribution in [0.3, 0.4) is 0 Å². The second kappa shape index (κ2) is 4.28. The SMILES string of the molecule is CSc1cc(C(C)(C)C)c(OC2CC2)cn1. The van der Waals surface area contributed by atoms with E-state index in [9.17, 15) is 0 Å². The Morgan fingerprint density at radius 3 is 2.56 bits per heavy atom. The Hall–Kier alpha value is -0.700. The van der Waals surface area contributed by atoms with Crippen molar-refractivity contribution < 1.29 is 4.74 Å². The van der Waals surface area contributed by atoms with Crippen LogP contribution in [-0.2, 0) is 5.41 Å². The largest absolute Gasteiger partial charge is 0.489 e. The van der Waals surface area contributed by atoms with Crippen LogP contribution in [-0.4, -0.2) is 17.3 Å². The Labute approximate surface area is 102 Å². The Balaban J connectivity index is 2.33. The van der Waals surface area contributed by atoms with Crippen molar-refractivity contribution in [3.8, 4) is 5.75 Å². The fourth-order valence-electron chi connectivity index (χ4n) is 1.58. The molecule has 0 aromatic carbocycles. The number of hydrogen-bond donors (Lipinski definition) is 0. The average molecular weight is 237 g/mol. The smallest absolute Gasteiger partial charge is 0.141 e. The molecule has 0 saturated heterocycles. The van der Waals surface area contributed by atoms with E-state index in [4.69, 9.17) is 4.74 Å². The zero-order valence-electron chi connectivity index (χ0n) is 10.4. The molecule has 2 nitrogen and oxygen atoms in total. The van der Waals surface area contributed by atoms with Crippen molar-refractivity contribution in [1.82, 2.24) is 4.98 Å². The molecule has 0 bridgehead atoms. The van der Waals surface area contributed by atoms with Crippen LogP contribution < -0.4 is 4.74 Å². The first kappa shape index (κ1) is 11.8. The van der Waals surface area contributed by atoms with E-state index in [0.717, 1.165) is 10.8 Å². The van der Waals surface area contributed by atoms with E-state index >= 15 is 0 Å². The zero-order chi connectivity index (χ0) is 11.8. The van der Waals surface area contributed by atoms with Gasteiger partial charge in [0.25, 0.3) is 0 Å². The minimum absolute atomic E-state index is 0.109. The van der Waals surface area contributed by atoms with Gasteiger partial charge in [0.1, 0.15) is 5.75 Å². The first-order valence-corrected chi connectivity index (χ1v) is 6.94. The average Bonchev–Trinajstić information content (AvgIpc) is 3.01. The lowest BCUT2D eigenvalue weighted by atomic mass is 9.87. The number of hydrogen-bond acceptors (Lipinski definition) is 3. The lowest BCUT2D eigenvalue weighted by Crippen LogP contribution is -2.14. The maximum absolute atomic E-state index is 5.91. The van der Waals surface area contributed by atoms with Gasteiger partial charge in [-0.1, -0.05) is 20.8 Å². The summed E-state index contributed by atoms with van der Waals surface area (Å²) in [6, 6.07) is 2.16. The van der Waals surface area contributed by atoms with Crippen LogP contribution in [0.4, 0.5) is 0 Å². The monoisotopic (exact) mass is 237 g/mol. The number of ether oxygens (including phenoxy) is 1. The lowest BCUT2D eigenvalue weighted by molar-refractivity contribution is 0.293. The van der Waals surface area contributed by atoms with Gasteiger partial charge in [-0.05, 0) is 30.6 Å². The van der Waals surface area contributed by atoms with Crippen LogP contribution in [0.5, 0.6) is 5.75 Å². The summed E-state index contributed by atoms with van der Waals surface area (Å²) in [7, 11) is 0. The molecule has 0 spiro atoms. The van der Waals surface area contributed by atoms with E-state index in [1.807, 2.05) is 6.20 Å². The van der Waals surface area contributed by atoms with Crippen molar-refractivity contribution in [3.63, 3.8) is 0 Å². The summed E-state index contributed by atoms with van der Waals surface area (Å²) in [4.78, 5) is 4.39. The highest BCUT2D eigenvalue weighted by molar-refractivity contribution is 7.98. The topological polar surface area (TPSA) is 22.1 Å². The van der Waals surface area contributed by atoms with Crippen LogP contribution in [0.1, 0.15) is 39.2 Å². The molecule has 1 saturated carbocycles. The van der Waals surface area contributed by atoms with Crippen molar-refractivity contribution in [2.45, 2.75) is 50.2 Å². The van der Waals surface area contributed by atoms with Crippen molar-refractivity contribution in [1.29, 1.82) is 0 Å². The Morgan fingerprint density at radius 2 is 2.06 bits per heavy atom. The third-order valence-corrected chi connectivity index (χ3v) is 3.32. The van der Waals surface area contributed by atoms with Crippen LogP contribution in [0.15, 0.2) is 17.3 Å². The first-order chi connectivity index (χ1) is 7.50. The fourth-order valence-corrected chi connectivity index (χ4v) is 1.97. The maximum atomic E-state index is 5.91. The lowest BCUT2D eigenvalue weighted by Gasteiger charge is -2.23. The predicted molar refractivity (Wildman–Crippen MR) is 68.4 cm³/mol. The van der Waals surface area contributed by atoms with Gasteiger partial charge < -0.3 is 4.74 Å². The summed E-state index contributed by atoms with van der Waals surface area (Å²) in [6.07, 6.45) is 6.74. The summed E-state index contributed by atoms with van der Waals surface area (Å²) in [5, 5.41) is 1.06. The van der Waals surface area contributed by atoms with E-state index in [1.54, 1.807) is 11.8 Å². The Bertz CT molecular complexity index is 380. The molecule has 16 heavy (non-hydrogen) atoms. The molecular weight excluding hydrogens is 218 g/mol. The van der Waals surface area contributed by atoms with Gasteiger partial charge in [-0.15, -0.1) is 11.8 Å². The Kier molecular flexibility index (Phi) is 3.15. The predicted octanol–water partition coefficient (Wildman–Crippen LogP) is 3.64. The summed E-state index contributed by atoms with van der Waals surface area (Å²) < 4.78 is 5.91. The van der Waals surface area contributed by atoms with Gasteiger partial charge in [0.2, 0.25) is 0 Å². The molecule has 0 N–H and O–H groups in total. The number of aromatic nitrogens is 1. The van der Waals surface area contributed by atoms with E-state index in [0.29, 0.717) is 6.10 Å². The third-order valence-electron chi connectivity index (χ3n) is 2.68. The van der Waals surface area contributed by atoms with E-state index < -0.39 is 0 Å². The fraction of sp³-hybridized carbons (Fsp3) is 0.615.